The standard InChI is InChI=1S/C18H21NO4/c1-21-15-12-17-16(22-13-23-17)11-14(15)7-3-4-8-18(20)19-9-5-2-6-10-19/h3-4,7-8,11-12H,2,5-6,9-10,13H2,1H3/b7-3-,8-4+. The predicted octanol–water partition coefficient (Wildman–Crippen LogP) is 3.01. The molecule has 0 N–H and O–H groups in total. The summed E-state index contributed by atoms with van der Waals surface area (Å²) in [6.07, 6.45) is 10.5. The molecule has 1 amide bonds. The fourth-order valence-electron chi connectivity index (χ4n) is 2.76. The summed E-state index contributed by atoms with van der Waals surface area (Å²) in [5.74, 6) is 2.18. The van der Waals surface area contributed by atoms with Gasteiger partial charge >= 0.3 is 0 Å². The van der Waals surface area contributed by atoms with Crippen molar-refractivity contribution in [3.8, 4) is 17.2 Å². The SMILES string of the molecule is COc1cc2c(cc1/C=C\C=C\C(=O)N1CCCCC1)OCO2. The molecule has 1 saturated heterocycles. The largest absolute Gasteiger partial charge is 0.496 e. The molecular formula is C18H21NO4. The number of allylic oxidation sites excluding steroid dienone is 2. The zero-order chi connectivity index (χ0) is 16.1. The first-order valence-electron chi connectivity index (χ1n) is 7.89. The van der Waals surface area contributed by atoms with E-state index in [2.05, 4.69) is 0 Å². The van der Waals surface area contributed by atoms with Gasteiger partial charge in [0.2, 0.25) is 12.7 Å². The molecule has 0 spiro atoms. The summed E-state index contributed by atoms with van der Waals surface area (Å²) < 4.78 is 16.1. The maximum absolute atomic E-state index is 12.0. The summed E-state index contributed by atoms with van der Waals surface area (Å²) in [6.45, 7) is 1.96. The van der Waals surface area contributed by atoms with Crippen LogP contribution in [0.25, 0.3) is 6.08 Å². The molecule has 0 bridgehead atoms. The van der Waals surface area contributed by atoms with Gasteiger partial charge in [0.05, 0.1) is 7.11 Å². The van der Waals surface area contributed by atoms with E-state index < -0.39 is 0 Å². The second-order valence-electron chi connectivity index (χ2n) is 5.55. The lowest BCUT2D eigenvalue weighted by atomic mass is 10.1. The van der Waals surface area contributed by atoms with Gasteiger partial charge in [0.15, 0.2) is 11.5 Å². The molecule has 2 aliphatic rings. The van der Waals surface area contributed by atoms with E-state index in [-0.39, 0.29) is 12.7 Å². The maximum Gasteiger partial charge on any atom is 0.246 e. The van der Waals surface area contributed by atoms with Crippen LogP contribution in [0.1, 0.15) is 24.8 Å². The Morgan fingerprint density at radius 2 is 1.87 bits per heavy atom. The van der Waals surface area contributed by atoms with Gasteiger partial charge in [-0.05, 0) is 25.3 Å². The van der Waals surface area contributed by atoms with Crippen LogP contribution in [0.2, 0.25) is 0 Å². The number of hydrogen-bond donors (Lipinski definition) is 0. The number of likely N-dealkylation sites (tertiary alicyclic amines) is 1. The van der Waals surface area contributed by atoms with Crippen molar-refractivity contribution in [2.24, 2.45) is 0 Å². The Morgan fingerprint density at radius 1 is 1.13 bits per heavy atom. The number of piperidine rings is 1. The van der Waals surface area contributed by atoms with Crippen LogP contribution in [0, 0.1) is 0 Å². The van der Waals surface area contributed by atoms with E-state index in [1.807, 2.05) is 29.2 Å². The lowest BCUT2D eigenvalue weighted by Gasteiger charge is -2.25. The second kappa shape index (κ2) is 7.22. The first-order chi connectivity index (χ1) is 11.3. The lowest BCUT2D eigenvalue weighted by Crippen LogP contribution is -2.34. The number of fused-ring (bicyclic) bond motifs is 1. The summed E-state index contributed by atoms with van der Waals surface area (Å²) in [6, 6.07) is 3.68. The Hall–Kier alpha value is -2.43. The van der Waals surface area contributed by atoms with Crippen LogP contribution in [0.15, 0.2) is 30.4 Å². The second-order valence-corrected chi connectivity index (χ2v) is 5.55. The molecule has 3 rings (SSSR count). The Labute approximate surface area is 136 Å². The van der Waals surface area contributed by atoms with Crippen molar-refractivity contribution in [1.82, 2.24) is 4.90 Å². The third-order valence-electron chi connectivity index (χ3n) is 4.02. The van der Waals surface area contributed by atoms with Gasteiger partial charge in [0.25, 0.3) is 0 Å². The van der Waals surface area contributed by atoms with Crippen molar-refractivity contribution in [3.63, 3.8) is 0 Å². The molecule has 5 nitrogen and oxygen atoms in total. The quantitative estimate of drug-likeness (QED) is 0.633. The monoisotopic (exact) mass is 315 g/mol. The number of rotatable bonds is 4. The Bertz CT molecular complexity index is 630. The highest BCUT2D eigenvalue weighted by molar-refractivity contribution is 5.88. The van der Waals surface area contributed by atoms with Crippen molar-refractivity contribution < 1.29 is 19.0 Å². The van der Waals surface area contributed by atoms with Crippen molar-refractivity contribution >= 4 is 12.0 Å². The number of nitrogens with zero attached hydrogens (tertiary/aromatic N) is 1. The number of ether oxygens (including phenoxy) is 3. The van der Waals surface area contributed by atoms with E-state index in [1.165, 1.54) is 6.42 Å². The van der Waals surface area contributed by atoms with Gasteiger partial charge in [0, 0.05) is 30.8 Å². The van der Waals surface area contributed by atoms with Gasteiger partial charge in [-0.2, -0.15) is 0 Å². The Balaban J connectivity index is 1.65. The van der Waals surface area contributed by atoms with Crippen LogP contribution < -0.4 is 14.2 Å². The van der Waals surface area contributed by atoms with E-state index in [0.717, 1.165) is 31.5 Å². The van der Waals surface area contributed by atoms with Crippen molar-refractivity contribution in [1.29, 1.82) is 0 Å². The van der Waals surface area contributed by atoms with E-state index in [1.54, 1.807) is 19.3 Å². The summed E-state index contributed by atoms with van der Waals surface area (Å²) in [5, 5.41) is 0. The third kappa shape index (κ3) is 3.67. The third-order valence-corrected chi connectivity index (χ3v) is 4.02. The van der Waals surface area contributed by atoms with Gasteiger partial charge in [-0.15, -0.1) is 0 Å². The number of hydrogen-bond acceptors (Lipinski definition) is 4. The fourth-order valence-corrected chi connectivity index (χ4v) is 2.76. The number of carbonyl (C=O) groups is 1. The molecule has 0 aromatic heterocycles. The number of amides is 1. The fraction of sp³-hybridized carbons (Fsp3) is 0.389. The Morgan fingerprint density at radius 3 is 2.61 bits per heavy atom. The molecular weight excluding hydrogens is 294 g/mol. The van der Waals surface area contributed by atoms with E-state index >= 15 is 0 Å². The molecule has 2 aliphatic heterocycles. The van der Waals surface area contributed by atoms with E-state index in [4.69, 9.17) is 14.2 Å². The van der Waals surface area contributed by atoms with E-state index in [9.17, 15) is 4.79 Å². The summed E-state index contributed by atoms with van der Waals surface area (Å²) >= 11 is 0. The molecule has 23 heavy (non-hydrogen) atoms. The minimum absolute atomic E-state index is 0.0759. The number of carbonyl (C=O) groups excluding carboxylic acids is 1. The maximum atomic E-state index is 12.0. The van der Waals surface area contributed by atoms with Crippen LogP contribution in [-0.2, 0) is 4.79 Å². The van der Waals surface area contributed by atoms with Crippen molar-refractivity contribution in [3.05, 3.63) is 35.9 Å². The molecule has 0 atom stereocenters. The average molecular weight is 315 g/mol. The molecule has 1 aromatic carbocycles. The average Bonchev–Trinajstić information content (AvgIpc) is 3.05. The van der Waals surface area contributed by atoms with Gasteiger partial charge in [0.1, 0.15) is 5.75 Å². The highest BCUT2D eigenvalue weighted by atomic mass is 16.7. The van der Waals surface area contributed by atoms with Gasteiger partial charge in [-0.25, -0.2) is 0 Å². The molecule has 0 unspecified atom stereocenters. The normalized spacial score (nSPS) is 17.2. The predicted molar refractivity (Wildman–Crippen MR) is 87.7 cm³/mol. The molecule has 0 aliphatic carbocycles. The Kier molecular flexibility index (Phi) is 4.86. The summed E-state index contributed by atoms with van der Waals surface area (Å²) in [5.41, 5.74) is 0.881. The first-order valence-corrected chi connectivity index (χ1v) is 7.89. The highest BCUT2D eigenvalue weighted by Crippen LogP contribution is 2.38. The molecule has 1 fully saturated rings. The van der Waals surface area contributed by atoms with Gasteiger partial charge < -0.3 is 19.1 Å². The highest BCUT2D eigenvalue weighted by Gasteiger charge is 2.16. The topological polar surface area (TPSA) is 48.0 Å². The first kappa shape index (κ1) is 15.5. The smallest absolute Gasteiger partial charge is 0.246 e. The molecule has 122 valence electrons. The molecule has 0 saturated carbocycles. The van der Waals surface area contributed by atoms with Crippen LogP contribution in [-0.4, -0.2) is 37.8 Å². The van der Waals surface area contributed by atoms with Crippen LogP contribution >= 0.6 is 0 Å². The van der Waals surface area contributed by atoms with Crippen molar-refractivity contribution in [2.45, 2.75) is 19.3 Å². The molecule has 1 aromatic rings. The van der Waals surface area contributed by atoms with Crippen molar-refractivity contribution in [2.75, 3.05) is 27.0 Å². The zero-order valence-electron chi connectivity index (χ0n) is 13.3. The van der Waals surface area contributed by atoms with E-state index in [0.29, 0.717) is 17.2 Å². The molecule has 0 radical (unpaired) electrons. The summed E-state index contributed by atoms with van der Waals surface area (Å²) in [7, 11) is 1.62. The molecule has 2 heterocycles. The van der Waals surface area contributed by atoms with Gasteiger partial charge in [-0.3, -0.25) is 4.79 Å². The van der Waals surface area contributed by atoms with Gasteiger partial charge in [-0.1, -0.05) is 18.2 Å². The zero-order valence-corrected chi connectivity index (χ0v) is 13.3. The lowest BCUT2D eigenvalue weighted by molar-refractivity contribution is -0.126. The number of benzene rings is 1. The minimum atomic E-state index is 0.0759. The van der Waals surface area contributed by atoms with Crippen LogP contribution in [0.4, 0.5) is 0 Å². The molecule has 5 heteroatoms. The summed E-state index contributed by atoms with van der Waals surface area (Å²) in [4.78, 5) is 13.9. The minimum Gasteiger partial charge on any atom is -0.496 e. The number of methoxy groups -OCH3 is 1. The van der Waals surface area contributed by atoms with Crippen LogP contribution in [0.5, 0.6) is 17.2 Å². The van der Waals surface area contributed by atoms with Crippen LogP contribution in [0.3, 0.4) is 0 Å².